The van der Waals surface area contributed by atoms with Crippen LogP contribution in [0.5, 0.6) is 0 Å². The van der Waals surface area contributed by atoms with Gasteiger partial charge in [-0.05, 0) is 89.5 Å². The molecule has 0 saturated heterocycles. The summed E-state index contributed by atoms with van der Waals surface area (Å²) in [4.78, 5) is 5.23. The molecule has 2 aliphatic carbocycles. The van der Waals surface area contributed by atoms with E-state index in [4.69, 9.17) is 109 Å². The van der Waals surface area contributed by atoms with E-state index in [9.17, 15) is 0 Å². The van der Waals surface area contributed by atoms with Crippen molar-refractivity contribution in [1.82, 2.24) is 4.57 Å². The van der Waals surface area contributed by atoms with Gasteiger partial charge < -0.3 is 17.7 Å². The van der Waals surface area contributed by atoms with Crippen molar-refractivity contribution < 1.29 is 17.0 Å². The number of hydrogen-bond acceptors (Lipinski definition) is 1. The largest absolute Gasteiger partial charge is 1.00 e. The van der Waals surface area contributed by atoms with Crippen molar-refractivity contribution in [2.45, 2.75) is 103 Å². The standard InChI is InChI=1S/C30H39N4.3CHCl3.ClH/c1-23-13-17-25(18-14-23)31-29(32-26-19-15-24(2)16-20-26)30-33(27-9-5-3-6-10-27)21-22-34(30)28-11-7-4-8-12-28;3*2-1(3)4;/h13-22,27-28H,3-12H2,1-2H3,(H,31,32);3*1H;1H/q+1;;;;/p-1. The molecule has 47 heavy (non-hydrogen) atoms. The summed E-state index contributed by atoms with van der Waals surface area (Å²) in [6, 6.07) is 18.3. The second kappa shape index (κ2) is 25.1. The molecule has 264 valence electrons. The van der Waals surface area contributed by atoms with E-state index in [1.54, 1.807) is 0 Å². The summed E-state index contributed by atoms with van der Waals surface area (Å²) in [5.74, 6) is 2.19. The molecule has 0 radical (unpaired) electrons. The number of rotatable bonds is 5. The van der Waals surface area contributed by atoms with Gasteiger partial charge >= 0.3 is 5.82 Å². The van der Waals surface area contributed by atoms with Crippen molar-refractivity contribution in [3.63, 3.8) is 0 Å². The first-order chi connectivity index (χ1) is 21.9. The van der Waals surface area contributed by atoms with Gasteiger partial charge in [-0.25, -0.2) is 14.1 Å². The first kappa shape index (κ1) is 45.0. The van der Waals surface area contributed by atoms with E-state index >= 15 is 0 Å². The zero-order chi connectivity index (χ0) is 34.1. The third-order valence-electron chi connectivity index (χ3n) is 7.61. The number of amidine groups is 1. The van der Waals surface area contributed by atoms with Gasteiger partial charge in [-0.15, -0.1) is 0 Å². The monoisotopic (exact) mass is 844 g/mol. The van der Waals surface area contributed by atoms with E-state index in [1.165, 1.54) is 81.2 Å². The average Bonchev–Trinajstić information content (AvgIpc) is 3.44. The van der Waals surface area contributed by atoms with Crippen LogP contribution < -0.4 is 22.3 Å². The third kappa shape index (κ3) is 18.7. The molecule has 3 aromatic rings. The number of hydrogen-bond donors (Lipinski definition) is 1. The van der Waals surface area contributed by atoms with E-state index in [-0.39, 0.29) is 12.4 Å². The molecule has 2 fully saturated rings. The molecule has 2 saturated carbocycles. The number of aliphatic imine (C=N–C) groups is 1. The maximum absolute atomic E-state index is 5.23. The van der Waals surface area contributed by atoms with Crippen LogP contribution in [0.1, 0.15) is 93.2 Å². The second-order valence-electron chi connectivity index (χ2n) is 11.0. The predicted molar refractivity (Wildman–Crippen MR) is 205 cm³/mol. The average molecular weight is 849 g/mol. The lowest BCUT2D eigenvalue weighted by molar-refractivity contribution is -0.726. The topological polar surface area (TPSA) is 33.2 Å². The lowest BCUT2D eigenvalue weighted by Gasteiger charge is -2.24. The van der Waals surface area contributed by atoms with Gasteiger partial charge in [0.05, 0.1) is 5.69 Å². The van der Waals surface area contributed by atoms with Crippen molar-refractivity contribution in [2.24, 2.45) is 4.99 Å². The molecule has 0 spiro atoms. The Morgan fingerprint density at radius 2 is 1.11 bits per heavy atom. The Bertz CT molecular complexity index is 1210. The number of aromatic nitrogens is 2. The molecule has 14 heteroatoms. The van der Waals surface area contributed by atoms with Crippen molar-refractivity contribution in [3.05, 3.63) is 77.9 Å². The highest BCUT2D eigenvalue weighted by molar-refractivity contribution is 6.63. The van der Waals surface area contributed by atoms with Crippen LogP contribution in [0.25, 0.3) is 0 Å². The van der Waals surface area contributed by atoms with Crippen LogP contribution in [0.3, 0.4) is 0 Å². The Kier molecular flexibility index (Phi) is 24.0. The van der Waals surface area contributed by atoms with Gasteiger partial charge in [0.25, 0.3) is 0 Å². The lowest BCUT2D eigenvalue weighted by atomic mass is 9.94. The van der Waals surface area contributed by atoms with Crippen LogP contribution in [0, 0.1) is 13.8 Å². The Morgan fingerprint density at radius 3 is 1.57 bits per heavy atom. The minimum absolute atomic E-state index is 0. The summed E-state index contributed by atoms with van der Waals surface area (Å²) in [7, 11) is 0. The number of alkyl halides is 9. The van der Waals surface area contributed by atoms with Crippen LogP contribution in [-0.4, -0.2) is 23.3 Å². The second-order valence-corrected chi connectivity index (χ2v) is 17.0. The molecule has 0 unspecified atom stereocenters. The number of aryl methyl sites for hydroxylation is 2. The zero-order valence-corrected chi connectivity index (χ0v) is 33.9. The number of nitrogens with one attached hydrogen (secondary N) is 1. The van der Waals surface area contributed by atoms with Crippen molar-refractivity contribution >= 4 is 122 Å². The lowest BCUT2D eigenvalue weighted by Crippen LogP contribution is -3.00. The maximum atomic E-state index is 5.23. The highest BCUT2D eigenvalue weighted by Crippen LogP contribution is 2.31. The first-order valence-electron chi connectivity index (χ1n) is 15.3. The van der Waals surface area contributed by atoms with Crippen molar-refractivity contribution in [3.8, 4) is 0 Å². The third-order valence-corrected chi connectivity index (χ3v) is 7.61. The summed E-state index contributed by atoms with van der Waals surface area (Å²) in [5, 5.41) is 3.74. The first-order valence-corrected chi connectivity index (χ1v) is 19.2. The van der Waals surface area contributed by atoms with E-state index in [1.807, 2.05) is 0 Å². The highest BCUT2D eigenvalue weighted by Gasteiger charge is 2.33. The van der Waals surface area contributed by atoms with Gasteiger partial charge in [0, 0.05) is 5.69 Å². The van der Waals surface area contributed by atoms with E-state index < -0.39 is 12.9 Å². The molecule has 0 atom stereocenters. The molecular weight excluding hydrogens is 807 g/mol. The number of anilines is 1. The van der Waals surface area contributed by atoms with Gasteiger partial charge in [0.1, 0.15) is 24.5 Å². The highest BCUT2D eigenvalue weighted by atomic mass is 35.6. The van der Waals surface area contributed by atoms with E-state index in [2.05, 4.69) is 89.2 Å². The van der Waals surface area contributed by atoms with Gasteiger partial charge in [0.15, 0.2) is 12.9 Å². The van der Waals surface area contributed by atoms with Gasteiger partial charge in [-0.3, -0.25) is 0 Å². The summed E-state index contributed by atoms with van der Waals surface area (Å²) in [5.41, 5.74) is 4.61. The Labute approximate surface area is 331 Å². The molecule has 2 aromatic carbocycles. The van der Waals surface area contributed by atoms with Crippen LogP contribution >= 0.6 is 104 Å². The fraction of sp³-hybridized carbons (Fsp3) is 0.515. The number of halogens is 10. The fourth-order valence-electron chi connectivity index (χ4n) is 5.63. The van der Waals surface area contributed by atoms with Gasteiger partial charge in [-0.1, -0.05) is 153 Å². The summed E-state index contributed by atoms with van der Waals surface area (Å²) < 4.78 is 2.84. The van der Waals surface area contributed by atoms with Gasteiger partial charge in [0.2, 0.25) is 5.84 Å². The Balaban J connectivity index is 0.000000736. The van der Waals surface area contributed by atoms with Crippen LogP contribution in [-0.2, 0) is 0 Å². The fourth-order valence-corrected chi connectivity index (χ4v) is 5.63. The van der Waals surface area contributed by atoms with Crippen molar-refractivity contribution in [1.29, 1.82) is 0 Å². The SMILES string of the molecule is Cc1ccc(N=C(Nc2ccc(C)cc2)c2n(C3CCCCC3)cc[n+]2C2CCCCC2)cc1.ClC(Cl)Cl.ClC(Cl)Cl.ClC(Cl)Cl.[Cl-]. The molecule has 4 nitrogen and oxygen atoms in total. The molecule has 1 heterocycles. The molecule has 0 aliphatic heterocycles. The smallest absolute Gasteiger partial charge is 0.325 e. The molecular formula is C33H42Cl10N4. The molecule has 0 bridgehead atoms. The molecule has 1 aromatic heterocycles. The Hall–Kier alpha value is 0.0200. The number of imidazole rings is 1. The molecule has 5 rings (SSSR count). The minimum Gasteiger partial charge on any atom is -1.00 e. The van der Waals surface area contributed by atoms with E-state index in [0.717, 1.165) is 17.2 Å². The maximum Gasteiger partial charge on any atom is 0.325 e. The van der Waals surface area contributed by atoms with E-state index in [0.29, 0.717) is 12.1 Å². The molecule has 0 amide bonds. The summed E-state index contributed by atoms with van der Waals surface area (Å²) in [6.07, 6.45) is 17.7. The van der Waals surface area contributed by atoms with Crippen LogP contribution in [0.2, 0.25) is 0 Å². The van der Waals surface area contributed by atoms with Crippen molar-refractivity contribution in [2.75, 3.05) is 5.32 Å². The zero-order valence-electron chi connectivity index (χ0n) is 26.4. The quantitative estimate of drug-likeness (QED) is 0.118. The number of benzene rings is 2. The van der Waals surface area contributed by atoms with Crippen LogP contribution in [0.4, 0.5) is 11.4 Å². The summed E-state index contributed by atoms with van der Waals surface area (Å²) in [6.45, 7) is 4.26. The number of nitrogens with zero attached hydrogens (tertiary/aromatic N) is 3. The molecule has 2 aliphatic rings. The Morgan fingerprint density at radius 1 is 0.681 bits per heavy atom. The predicted octanol–water partition coefficient (Wildman–Crippen LogP) is 10.6. The normalized spacial score (nSPS) is 15.5. The minimum atomic E-state index is -0.750. The van der Waals surface area contributed by atoms with Crippen LogP contribution in [0.15, 0.2) is 65.9 Å². The molecule has 1 N–H and O–H groups in total. The summed E-state index contributed by atoms with van der Waals surface area (Å²) >= 11 is 43.3. The van der Waals surface area contributed by atoms with Gasteiger partial charge in [-0.2, -0.15) is 0 Å².